The smallest absolute Gasteiger partial charge is 0.224 e. The van der Waals surface area contributed by atoms with Crippen LogP contribution in [-0.4, -0.2) is 48.6 Å². The Kier molecular flexibility index (Phi) is 5.95. The van der Waals surface area contributed by atoms with E-state index in [2.05, 4.69) is 10.3 Å². The fourth-order valence-electron chi connectivity index (χ4n) is 2.01. The van der Waals surface area contributed by atoms with Gasteiger partial charge in [0.2, 0.25) is 5.91 Å². The van der Waals surface area contributed by atoms with Crippen LogP contribution in [0.4, 0.5) is 0 Å². The summed E-state index contributed by atoms with van der Waals surface area (Å²) in [6, 6.07) is 6.40. The largest absolute Gasteiger partial charge is 0.383 e. The number of nitrogens with one attached hydrogen (secondary N) is 1. The molecule has 20 heavy (non-hydrogen) atoms. The van der Waals surface area contributed by atoms with E-state index in [-0.39, 0.29) is 5.91 Å². The summed E-state index contributed by atoms with van der Waals surface area (Å²) in [5.74, 6) is 0.154. The number of carbonyl (C=O) groups excluding carboxylic acids is 1. The van der Waals surface area contributed by atoms with Gasteiger partial charge in [0.1, 0.15) is 0 Å². The topological polar surface area (TPSA) is 54.5 Å². The van der Waals surface area contributed by atoms with E-state index >= 15 is 0 Å². The standard InChI is InChI=1S/C15H23N3O2/c1-20-11-10-18(12-14-4-2-3-8-16-14)15(19)7-9-17-13-5-6-13/h2-4,8,13,17H,5-7,9-12H2,1H3. The van der Waals surface area contributed by atoms with Crippen molar-refractivity contribution >= 4 is 5.91 Å². The molecule has 1 saturated carbocycles. The van der Waals surface area contributed by atoms with Crippen molar-refractivity contribution in [1.29, 1.82) is 0 Å². The van der Waals surface area contributed by atoms with Crippen molar-refractivity contribution in [3.63, 3.8) is 0 Å². The monoisotopic (exact) mass is 277 g/mol. The molecule has 1 amide bonds. The van der Waals surface area contributed by atoms with Gasteiger partial charge in [0.15, 0.2) is 0 Å². The molecule has 1 heterocycles. The highest BCUT2D eigenvalue weighted by Gasteiger charge is 2.21. The third-order valence-corrected chi connectivity index (χ3v) is 3.35. The Morgan fingerprint density at radius 1 is 1.50 bits per heavy atom. The number of amides is 1. The van der Waals surface area contributed by atoms with Crippen molar-refractivity contribution < 1.29 is 9.53 Å². The van der Waals surface area contributed by atoms with Crippen LogP contribution in [0.15, 0.2) is 24.4 Å². The van der Waals surface area contributed by atoms with E-state index in [0.717, 1.165) is 12.2 Å². The fraction of sp³-hybridized carbons (Fsp3) is 0.600. The number of pyridine rings is 1. The number of hydrogen-bond acceptors (Lipinski definition) is 4. The van der Waals surface area contributed by atoms with Crippen LogP contribution in [0.3, 0.4) is 0 Å². The minimum absolute atomic E-state index is 0.154. The van der Waals surface area contributed by atoms with Crippen molar-refractivity contribution in [2.75, 3.05) is 26.8 Å². The maximum Gasteiger partial charge on any atom is 0.224 e. The molecule has 2 rings (SSSR count). The first-order valence-electron chi connectivity index (χ1n) is 7.19. The molecule has 0 unspecified atom stereocenters. The van der Waals surface area contributed by atoms with Crippen LogP contribution < -0.4 is 5.32 Å². The highest BCUT2D eigenvalue weighted by Crippen LogP contribution is 2.18. The summed E-state index contributed by atoms with van der Waals surface area (Å²) in [5.41, 5.74) is 0.909. The lowest BCUT2D eigenvalue weighted by Crippen LogP contribution is -2.35. The van der Waals surface area contributed by atoms with Crippen LogP contribution in [-0.2, 0) is 16.1 Å². The fourth-order valence-corrected chi connectivity index (χ4v) is 2.01. The van der Waals surface area contributed by atoms with Crippen LogP contribution in [0.2, 0.25) is 0 Å². The van der Waals surface area contributed by atoms with Gasteiger partial charge < -0.3 is 15.0 Å². The van der Waals surface area contributed by atoms with Crippen molar-refractivity contribution in [2.24, 2.45) is 0 Å². The minimum Gasteiger partial charge on any atom is -0.383 e. The molecule has 5 nitrogen and oxygen atoms in total. The van der Waals surface area contributed by atoms with Crippen molar-refractivity contribution in [2.45, 2.75) is 31.8 Å². The molecule has 1 aromatic heterocycles. The van der Waals surface area contributed by atoms with Gasteiger partial charge in [0, 0.05) is 38.9 Å². The SMILES string of the molecule is COCCN(Cc1ccccn1)C(=O)CCNC1CC1. The van der Waals surface area contributed by atoms with Gasteiger partial charge in [-0.3, -0.25) is 9.78 Å². The maximum atomic E-state index is 12.3. The molecule has 110 valence electrons. The number of carbonyl (C=O) groups is 1. The summed E-state index contributed by atoms with van der Waals surface area (Å²) in [4.78, 5) is 18.4. The molecule has 1 aromatic rings. The molecule has 5 heteroatoms. The summed E-state index contributed by atoms with van der Waals surface area (Å²) in [6.45, 7) is 2.46. The van der Waals surface area contributed by atoms with E-state index in [9.17, 15) is 4.79 Å². The van der Waals surface area contributed by atoms with Gasteiger partial charge in [-0.05, 0) is 25.0 Å². The quantitative estimate of drug-likeness (QED) is 0.737. The highest BCUT2D eigenvalue weighted by molar-refractivity contribution is 5.76. The zero-order chi connectivity index (χ0) is 14.2. The van der Waals surface area contributed by atoms with Crippen LogP contribution in [0.1, 0.15) is 25.0 Å². The van der Waals surface area contributed by atoms with Crippen LogP contribution >= 0.6 is 0 Å². The minimum atomic E-state index is 0.154. The zero-order valence-electron chi connectivity index (χ0n) is 12.0. The van der Waals surface area contributed by atoms with Crippen LogP contribution in [0.25, 0.3) is 0 Å². The van der Waals surface area contributed by atoms with Gasteiger partial charge >= 0.3 is 0 Å². The van der Waals surface area contributed by atoms with Crippen molar-refractivity contribution in [3.8, 4) is 0 Å². The van der Waals surface area contributed by atoms with Gasteiger partial charge in [-0.1, -0.05) is 6.07 Å². The number of aromatic nitrogens is 1. The lowest BCUT2D eigenvalue weighted by atomic mass is 10.3. The van der Waals surface area contributed by atoms with E-state index in [1.807, 2.05) is 23.1 Å². The maximum absolute atomic E-state index is 12.3. The Balaban J connectivity index is 1.82. The number of nitrogens with zero attached hydrogens (tertiary/aromatic N) is 2. The average Bonchev–Trinajstić information content (AvgIpc) is 3.28. The molecule has 0 aromatic carbocycles. The van der Waals surface area contributed by atoms with E-state index in [4.69, 9.17) is 4.74 Å². The second-order valence-corrected chi connectivity index (χ2v) is 5.11. The average molecular weight is 277 g/mol. The summed E-state index contributed by atoms with van der Waals surface area (Å²) in [7, 11) is 1.65. The molecule has 1 aliphatic rings. The molecule has 0 aliphatic heterocycles. The summed E-state index contributed by atoms with van der Waals surface area (Å²) < 4.78 is 5.08. The number of rotatable bonds is 9. The molecular weight excluding hydrogens is 254 g/mol. The summed E-state index contributed by atoms with van der Waals surface area (Å²) in [5, 5.41) is 3.37. The predicted molar refractivity (Wildman–Crippen MR) is 77.2 cm³/mol. The second-order valence-electron chi connectivity index (χ2n) is 5.11. The van der Waals surface area contributed by atoms with Gasteiger partial charge in [-0.25, -0.2) is 0 Å². The van der Waals surface area contributed by atoms with E-state index < -0.39 is 0 Å². The van der Waals surface area contributed by atoms with E-state index in [1.165, 1.54) is 12.8 Å². The third kappa shape index (κ3) is 5.27. The third-order valence-electron chi connectivity index (χ3n) is 3.35. The molecule has 1 N–H and O–H groups in total. The second kappa shape index (κ2) is 7.97. The van der Waals surface area contributed by atoms with Gasteiger partial charge in [-0.15, -0.1) is 0 Å². The summed E-state index contributed by atoms with van der Waals surface area (Å²) >= 11 is 0. The van der Waals surface area contributed by atoms with Crippen molar-refractivity contribution in [3.05, 3.63) is 30.1 Å². The Morgan fingerprint density at radius 2 is 2.35 bits per heavy atom. The lowest BCUT2D eigenvalue weighted by molar-refractivity contribution is -0.132. The van der Waals surface area contributed by atoms with Gasteiger partial charge in [0.25, 0.3) is 0 Å². The van der Waals surface area contributed by atoms with Crippen LogP contribution in [0.5, 0.6) is 0 Å². The molecule has 0 bridgehead atoms. The normalized spacial score (nSPS) is 14.2. The number of hydrogen-bond donors (Lipinski definition) is 1. The molecule has 1 fully saturated rings. The van der Waals surface area contributed by atoms with Crippen LogP contribution in [0, 0.1) is 0 Å². The molecule has 0 radical (unpaired) electrons. The molecule has 0 saturated heterocycles. The predicted octanol–water partition coefficient (Wildman–Crippen LogP) is 1.20. The number of ether oxygens (including phenoxy) is 1. The first-order chi connectivity index (χ1) is 9.79. The number of methoxy groups -OCH3 is 1. The zero-order valence-corrected chi connectivity index (χ0v) is 12.0. The van der Waals surface area contributed by atoms with Crippen molar-refractivity contribution in [1.82, 2.24) is 15.2 Å². The Labute approximate surface area is 120 Å². The van der Waals surface area contributed by atoms with Gasteiger partial charge in [-0.2, -0.15) is 0 Å². The Hall–Kier alpha value is -1.46. The molecule has 1 aliphatic carbocycles. The molecule has 0 spiro atoms. The Morgan fingerprint density at radius 3 is 3.00 bits per heavy atom. The highest BCUT2D eigenvalue weighted by atomic mass is 16.5. The van der Waals surface area contributed by atoms with E-state index in [1.54, 1.807) is 13.3 Å². The first-order valence-corrected chi connectivity index (χ1v) is 7.19. The lowest BCUT2D eigenvalue weighted by Gasteiger charge is -2.22. The first kappa shape index (κ1) is 14.9. The van der Waals surface area contributed by atoms with E-state index in [0.29, 0.717) is 32.2 Å². The summed E-state index contributed by atoms with van der Waals surface area (Å²) in [6.07, 6.45) is 4.78. The Bertz CT molecular complexity index is 407. The molecular formula is C15H23N3O2. The molecule has 0 atom stereocenters. The van der Waals surface area contributed by atoms with Gasteiger partial charge in [0.05, 0.1) is 18.8 Å².